The Morgan fingerprint density at radius 1 is 1.36 bits per heavy atom. The SMILES string of the molecule is COc1ccccc1[C@@H](C)N(C)C(=O)Cc1c(C)noc1C. The van der Waals surface area contributed by atoms with E-state index in [-0.39, 0.29) is 18.4 Å². The second kappa shape index (κ2) is 6.64. The average molecular weight is 302 g/mol. The van der Waals surface area contributed by atoms with Crippen LogP contribution in [0, 0.1) is 13.8 Å². The zero-order valence-electron chi connectivity index (χ0n) is 13.7. The smallest absolute Gasteiger partial charge is 0.227 e. The van der Waals surface area contributed by atoms with Crippen molar-refractivity contribution in [3.05, 3.63) is 46.8 Å². The zero-order chi connectivity index (χ0) is 16.3. The van der Waals surface area contributed by atoms with Crippen molar-refractivity contribution in [2.24, 2.45) is 0 Å². The van der Waals surface area contributed by atoms with E-state index in [1.807, 2.05) is 45.0 Å². The fourth-order valence-electron chi connectivity index (χ4n) is 2.47. The Balaban J connectivity index is 2.16. The van der Waals surface area contributed by atoms with E-state index in [4.69, 9.17) is 9.26 Å². The van der Waals surface area contributed by atoms with Crippen LogP contribution in [-0.2, 0) is 11.2 Å². The lowest BCUT2D eigenvalue weighted by Gasteiger charge is -2.26. The van der Waals surface area contributed by atoms with Gasteiger partial charge in [-0.2, -0.15) is 0 Å². The average Bonchev–Trinajstić information content (AvgIpc) is 2.85. The molecule has 1 amide bonds. The van der Waals surface area contributed by atoms with Crippen LogP contribution in [0.15, 0.2) is 28.8 Å². The van der Waals surface area contributed by atoms with Crippen molar-refractivity contribution < 1.29 is 14.1 Å². The van der Waals surface area contributed by atoms with Crippen LogP contribution >= 0.6 is 0 Å². The van der Waals surface area contributed by atoms with Gasteiger partial charge in [-0.05, 0) is 26.8 Å². The van der Waals surface area contributed by atoms with Gasteiger partial charge in [-0.25, -0.2) is 0 Å². The van der Waals surface area contributed by atoms with E-state index in [1.165, 1.54) is 0 Å². The molecule has 0 N–H and O–H groups in total. The van der Waals surface area contributed by atoms with Crippen molar-refractivity contribution >= 4 is 5.91 Å². The summed E-state index contributed by atoms with van der Waals surface area (Å²) in [6.45, 7) is 5.66. The number of likely N-dealkylation sites (N-methyl/N-ethyl adjacent to an activating group) is 1. The number of hydrogen-bond acceptors (Lipinski definition) is 4. The van der Waals surface area contributed by atoms with Gasteiger partial charge in [-0.15, -0.1) is 0 Å². The van der Waals surface area contributed by atoms with E-state index >= 15 is 0 Å². The Morgan fingerprint density at radius 3 is 2.64 bits per heavy atom. The first-order valence-corrected chi connectivity index (χ1v) is 7.26. The predicted octanol–water partition coefficient (Wildman–Crippen LogP) is 3.06. The van der Waals surface area contributed by atoms with Gasteiger partial charge in [-0.1, -0.05) is 23.4 Å². The molecule has 0 aliphatic carbocycles. The van der Waals surface area contributed by atoms with E-state index in [9.17, 15) is 4.79 Å². The molecule has 118 valence electrons. The number of aryl methyl sites for hydroxylation is 2. The highest BCUT2D eigenvalue weighted by molar-refractivity contribution is 5.79. The third-order valence-corrected chi connectivity index (χ3v) is 4.07. The molecule has 0 saturated carbocycles. The van der Waals surface area contributed by atoms with Crippen molar-refractivity contribution in [3.8, 4) is 5.75 Å². The summed E-state index contributed by atoms with van der Waals surface area (Å²) in [5, 5.41) is 3.89. The number of rotatable bonds is 5. The first kappa shape index (κ1) is 16.1. The monoisotopic (exact) mass is 302 g/mol. The van der Waals surface area contributed by atoms with E-state index in [0.717, 1.165) is 22.6 Å². The van der Waals surface area contributed by atoms with E-state index in [2.05, 4.69) is 5.16 Å². The Bertz CT molecular complexity index is 644. The third kappa shape index (κ3) is 3.13. The lowest BCUT2D eigenvalue weighted by atomic mass is 10.0. The van der Waals surface area contributed by atoms with Gasteiger partial charge in [-0.3, -0.25) is 4.79 Å². The summed E-state index contributed by atoms with van der Waals surface area (Å²) < 4.78 is 10.5. The lowest BCUT2D eigenvalue weighted by molar-refractivity contribution is -0.131. The summed E-state index contributed by atoms with van der Waals surface area (Å²) in [4.78, 5) is 14.3. The Kier molecular flexibility index (Phi) is 4.85. The van der Waals surface area contributed by atoms with Crippen LogP contribution in [0.3, 0.4) is 0 Å². The Morgan fingerprint density at radius 2 is 2.05 bits per heavy atom. The van der Waals surface area contributed by atoms with Crippen molar-refractivity contribution in [1.29, 1.82) is 0 Å². The second-order valence-corrected chi connectivity index (χ2v) is 5.40. The number of methoxy groups -OCH3 is 1. The molecule has 0 fully saturated rings. The maximum atomic E-state index is 12.5. The number of carbonyl (C=O) groups is 1. The molecular formula is C17H22N2O3. The zero-order valence-corrected chi connectivity index (χ0v) is 13.7. The summed E-state index contributed by atoms with van der Waals surface area (Å²) in [6, 6.07) is 7.66. The molecule has 0 bridgehead atoms. The molecule has 0 aliphatic rings. The van der Waals surface area contributed by atoms with Crippen LogP contribution < -0.4 is 4.74 Å². The minimum atomic E-state index is -0.0795. The van der Waals surface area contributed by atoms with Crippen molar-refractivity contribution in [2.75, 3.05) is 14.2 Å². The summed E-state index contributed by atoms with van der Waals surface area (Å²) in [5.41, 5.74) is 2.62. The molecule has 5 nitrogen and oxygen atoms in total. The van der Waals surface area contributed by atoms with Crippen LogP contribution in [0.25, 0.3) is 0 Å². The topological polar surface area (TPSA) is 55.6 Å². The highest BCUT2D eigenvalue weighted by Crippen LogP contribution is 2.28. The number of nitrogens with zero attached hydrogens (tertiary/aromatic N) is 2. The first-order valence-electron chi connectivity index (χ1n) is 7.26. The number of hydrogen-bond donors (Lipinski definition) is 0. The molecule has 0 saturated heterocycles. The molecule has 2 rings (SSSR count). The summed E-state index contributed by atoms with van der Waals surface area (Å²) in [6.07, 6.45) is 0.289. The molecule has 1 atom stereocenters. The molecule has 2 aromatic rings. The standard InChI is InChI=1S/C17H22N2O3/c1-11-15(13(3)22-18-11)10-17(20)19(4)12(2)14-8-6-7-9-16(14)21-5/h6-9,12H,10H2,1-5H3/t12-/m1/s1. The van der Waals surface area contributed by atoms with Gasteiger partial charge in [0.05, 0.1) is 25.3 Å². The summed E-state index contributed by atoms with van der Waals surface area (Å²) >= 11 is 0. The van der Waals surface area contributed by atoms with Gasteiger partial charge in [0.2, 0.25) is 5.91 Å². The Labute approximate surface area is 130 Å². The van der Waals surface area contributed by atoms with E-state index < -0.39 is 0 Å². The summed E-state index contributed by atoms with van der Waals surface area (Å²) in [7, 11) is 3.44. The van der Waals surface area contributed by atoms with Crippen LogP contribution in [-0.4, -0.2) is 30.1 Å². The predicted molar refractivity (Wildman–Crippen MR) is 83.9 cm³/mol. The number of para-hydroxylation sites is 1. The third-order valence-electron chi connectivity index (χ3n) is 4.07. The molecule has 0 aliphatic heterocycles. The van der Waals surface area contributed by atoms with Crippen LogP contribution in [0.5, 0.6) is 5.75 Å². The van der Waals surface area contributed by atoms with Gasteiger partial charge >= 0.3 is 0 Å². The quantitative estimate of drug-likeness (QED) is 0.852. The van der Waals surface area contributed by atoms with E-state index in [1.54, 1.807) is 19.1 Å². The summed E-state index contributed by atoms with van der Waals surface area (Å²) in [5.74, 6) is 1.50. The van der Waals surface area contributed by atoms with Crippen molar-refractivity contribution in [3.63, 3.8) is 0 Å². The molecule has 1 aromatic carbocycles. The van der Waals surface area contributed by atoms with Gasteiger partial charge in [0, 0.05) is 18.2 Å². The molecular weight excluding hydrogens is 280 g/mol. The van der Waals surface area contributed by atoms with Crippen LogP contribution in [0.2, 0.25) is 0 Å². The molecule has 0 spiro atoms. The molecule has 0 radical (unpaired) electrons. The fraction of sp³-hybridized carbons (Fsp3) is 0.412. The molecule has 5 heteroatoms. The van der Waals surface area contributed by atoms with E-state index in [0.29, 0.717) is 5.76 Å². The molecule has 22 heavy (non-hydrogen) atoms. The largest absolute Gasteiger partial charge is 0.496 e. The number of aromatic nitrogens is 1. The molecule has 1 heterocycles. The van der Waals surface area contributed by atoms with Gasteiger partial charge in [0.15, 0.2) is 0 Å². The molecule has 0 unspecified atom stereocenters. The van der Waals surface area contributed by atoms with Crippen molar-refractivity contribution in [2.45, 2.75) is 33.2 Å². The first-order chi connectivity index (χ1) is 10.5. The maximum absolute atomic E-state index is 12.5. The van der Waals surface area contributed by atoms with Crippen LogP contribution in [0.1, 0.15) is 35.5 Å². The minimum Gasteiger partial charge on any atom is -0.496 e. The van der Waals surface area contributed by atoms with Crippen molar-refractivity contribution in [1.82, 2.24) is 10.1 Å². The number of benzene rings is 1. The number of ether oxygens (including phenoxy) is 1. The minimum absolute atomic E-state index is 0.0211. The fourth-order valence-corrected chi connectivity index (χ4v) is 2.47. The normalized spacial score (nSPS) is 12.0. The molecule has 1 aromatic heterocycles. The lowest BCUT2D eigenvalue weighted by Crippen LogP contribution is -2.31. The highest BCUT2D eigenvalue weighted by atomic mass is 16.5. The Hall–Kier alpha value is -2.30. The second-order valence-electron chi connectivity index (χ2n) is 5.40. The highest BCUT2D eigenvalue weighted by Gasteiger charge is 2.22. The number of carbonyl (C=O) groups excluding carboxylic acids is 1. The van der Waals surface area contributed by atoms with Gasteiger partial charge in [0.1, 0.15) is 11.5 Å². The maximum Gasteiger partial charge on any atom is 0.227 e. The number of amides is 1. The van der Waals surface area contributed by atoms with Crippen LogP contribution in [0.4, 0.5) is 0 Å². The van der Waals surface area contributed by atoms with Gasteiger partial charge in [0.25, 0.3) is 0 Å². The van der Waals surface area contributed by atoms with Gasteiger partial charge < -0.3 is 14.2 Å².